The minimum atomic E-state index is 0.856. The van der Waals surface area contributed by atoms with Crippen LogP contribution in [0.1, 0.15) is 0 Å². The van der Waals surface area contributed by atoms with E-state index in [9.17, 15) is 0 Å². The number of furan rings is 1. The third-order valence-corrected chi connectivity index (χ3v) is 14.7. The van der Waals surface area contributed by atoms with Crippen LogP contribution in [0, 0.1) is 0 Å². The van der Waals surface area contributed by atoms with E-state index >= 15 is 0 Å². The highest BCUT2D eigenvalue weighted by atomic mass is 32.1. The molecule has 0 aliphatic rings. The van der Waals surface area contributed by atoms with Crippen molar-refractivity contribution in [3.8, 4) is 27.9 Å². The first-order chi connectivity index (χ1) is 32.7. The maximum atomic E-state index is 7.03. The molecule has 14 aromatic rings. The monoisotopic (exact) mass is 858 g/mol. The first-order valence-electron chi connectivity index (χ1n) is 22.5. The summed E-state index contributed by atoms with van der Waals surface area (Å²) in [7, 11) is 0. The zero-order valence-electron chi connectivity index (χ0n) is 35.7. The largest absolute Gasteiger partial charge is 0.455 e. The van der Waals surface area contributed by atoms with E-state index in [0.717, 1.165) is 55.8 Å². The first kappa shape index (κ1) is 37.0. The minimum Gasteiger partial charge on any atom is -0.455 e. The zero-order chi connectivity index (χ0) is 43.3. The molecule has 0 radical (unpaired) electrons. The second kappa shape index (κ2) is 14.5. The SMILES string of the molecule is c1cc(-c2ccc(N(c3ccc(-c4ccc5sc6ccccc6c5c4)cc3)c3cc4ccccc4c4ccccc34)c3c2oc2ccccc23)cc(-n2c3ccccc3c3ccccc32)c1. The van der Waals surface area contributed by atoms with Crippen LogP contribution in [0.15, 0.2) is 235 Å². The van der Waals surface area contributed by atoms with Gasteiger partial charge in [-0.15, -0.1) is 11.3 Å². The van der Waals surface area contributed by atoms with Crippen molar-refractivity contribution in [1.29, 1.82) is 0 Å². The lowest BCUT2D eigenvalue weighted by Gasteiger charge is -2.29. The molecule has 66 heavy (non-hydrogen) atoms. The van der Waals surface area contributed by atoms with Crippen molar-refractivity contribution < 1.29 is 4.42 Å². The Bertz CT molecular complexity index is 4190. The molecule has 0 fully saturated rings. The van der Waals surface area contributed by atoms with E-state index in [1.807, 2.05) is 11.3 Å². The van der Waals surface area contributed by atoms with Gasteiger partial charge >= 0.3 is 0 Å². The zero-order valence-corrected chi connectivity index (χ0v) is 36.5. The Balaban J connectivity index is 0.990. The number of para-hydroxylation sites is 3. The number of benzene rings is 11. The molecule has 0 N–H and O–H groups in total. The summed E-state index contributed by atoms with van der Waals surface area (Å²) in [6.45, 7) is 0. The van der Waals surface area contributed by atoms with E-state index in [0.29, 0.717) is 0 Å². The second-order valence-electron chi connectivity index (χ2n) is 17.2. The lowest BCUT2D eigenvalue weighted by atomic mass is 9.96. The third-order valence-electron chi connectivity index (χ3n) is 13.6. The maximum absolute atomic E-state index is 7.03. The van der Waals surface area contributed by atoms with Crippen LogP contribution in [-0.4, -0.2) is 4.57 Å². The molecule has 0 aliphatic carbocycles. The molecule has 0 atom stereocenters. The van der Waals surface area contributed by atoms with Gasteiger partial charge in [0.15, 0.2) is 0 Å². The number of nitrogens with zero attached hydrogens (tertiary/aromatic N) is 2. The summed E-state index contributed by atoms with van der Waals surface area (Å²) in [6, 6.07) is 84.0. The summed E-state index contributed by atoms with van der Waals surface area (Å²) < 4.78 is 12.0. The van der Waals surface area contributed by atoms with Crippen molar-refractivity contribution in [3.05, 3.63) is 231 Å². The lowest BCUT2D eigenvalue weighted by Crippen LogP contribution is -2.11. The highest BCUT2D eigenvalue weighted by molar-refractivity contribution is 7.25. The van der Waals surface area contributed by atoms with Crippen molar-refractivity contribution in [2.75, 3.05) is 4.90 Å². The summed E-state index contributed by atoms with van der Waals surface area (Å²) in [5.41, 5.74) is 12.9. The van der Waals surface area contributed by atoms with Crippen LogP contribution in [0.4, 0.5) is 17.1 Å². The van der Waals surface area contributed by atoms with E-state index < -0.39 is 0 Å². The summed E-state index contributed by atoms with van der Waals surface area (Å²) in [5, 5.41) is 12.1. The average molecular weight is 859 g/mol. The van der Waals surface area contributed by atoms with Gasteiger partial charge in [-0.2, -0.15) is 0 Å². The highest BCUT2D eigenvalue weighted by Crippen LogP contribution is 2.49. The quantitative estimate of drug-likeness (QED) is 0.155. The number of thiophene rings is 1. The summed E-state index contributed by atoms with van der Waals surface area (Å²) in [6.07, 6.45) is 0. The Labute approximate surface area is 384 Å². The smallest absolute Gasteiger partial charge is 0.145 e. The standard InChI is InChI=1S/C62H38N2OS/c1-2-17-45-42(14-1)38-57(48-19-4-3-18-47(45)48)63(43-31-28-39(29-32-43)40-30-35-60-53(37-40)51-22-8-12-27-59(51)66-60)56-34-33-46(62-61(56)52-23-7-11-26-58(52)65-62)41-15-13-16-44(36-41)64-54-24-9-5-20-49(54)50-21-6-10-25-55(50)64/h1-38H. The molecule has 0 saturated heterocycles. The van der Waals surface area contributed by atoms with Gasteiger partial charge in [-0.1, -0.05) is 152 Å². The molecule has 0 bridgehead atoms. The van der Waals surface area contributed by atoms with Gasteiger partial charge < -0.3 is 13.9 Å². The predicted octanol–water partition coefficient (Wildman–Crippen LogP) is 18.2. The minimum absolute atomic E-state index is 0.856. The molecule has 0 saturated carbocycles. The fraction of sp³-hybridized carbons (Fsp3) is 0. The molecule has 3 nitrogen and oxygen atoms in total. The summed E-state index contributed by atoms with van der Waals surface area (Å²) in [4.78, 5) is 2.46. The van der Waals surface area contributed by atoms with Crippen molar-refractivity contribution in [2.24, 2.45) is 0 Å². The number of rotatable bonds is 6. The predicted molar refractivity (Wildman–Crippen MR) is 282 cm³/mol. The number of aromatic nitrogens is 1. The number of hydrogen-bond acceptors (Lipinski definition) is 3. The Morgan fingerprint density at radius 1 is 0.379 bits per heavy atom. The molecule has 0 unspecified atom stereocenters. The van der Waals surface area contributed by atoms with Gasteiger partial charge in [0.05, 0.1) is 27.8 Å². The summed E-state index contributed by atoms with van der Waals surface area (Å²) >= 11 is 1.86. The van der Waals surface area contributed by atoms with Gasteiger partial charge in [-0.3, -0.25) is 0 Å². The van der Waals surface area contributed by atoms with Gasteiger partial charge in [0.2, 0.25) is 0 Å². The summed E-state index contributed by atoms with van der Waals surface area (Å²) in [5.74, 6) is 0. The highest BCUT2D eigenvalue weighted by Gasteiger charge is 2.25. The van der Waals surface area contributed by atoms with E-state index in [2.05, 4.69) is 240 Å². The molecule has 0 aliphatic heterocycles. The average Bonchev–Trinajstić information content (AvgIpc) is 4.07. The fourth-order valence-corrected chi connectivity index (χ4v) is 11.7. The van der Waals surface area contributed by atoms with Gasteiger partial charge in [0.25, 0.3) is 0 Å². The van der Waals surface area contributed by atoms with Crippen LogP contribution in [0.25, 0.3) is 113 Å². The van der Waals surface area contributed by atoms with Crippen LogP contribution in [0.5, 0.6) is 0 Å². The molecule has 3 aromatic heterocycles. The number of anilines is 3. The molecular formula is C62H38N2OS. The Kier molecular flexibility index (Phi) is 8.15. The van der Waals surface area contributed by atoms with Crippen molar-refractivity contribution in [1.82, 2.24) is 4.57 Å². The van der Waals surface area contributed by atoms with Crippen LogP contribution in [0.3, 0.4) is 0 Å². The number of fused-ring (bicyclic) bond motifs is 12. The van der Waals surface area contributed by atoms with Gasteiger partial charge in [0, 0.05) is 58.7 Å². The van der Waals surface area contributed by atoms with E-state index in [1.165, 1.54) is 74.6 Å². The normalized spacial score (nSPS) is 11.9. The van der Waals surface area contributed by atoms with Crippen molar-refractivity contribution in [2.45, 2.75) is 0 Å². The Hall–Kier alpha value is -8.44. The van der Waals surface area contributed by atoms with Crippen LogP contribution in [0.2, 0.25) is 0 Å². The third kappa shape index (κ3) is 5.62. The van der Waals surface area contributed by atoms with Gasteiger partial charge in [0.1, 0.15) is 11.2 Å². The van der Waals surface area contributed by atoms with Crippen LogP contribution in [-0.2, 0) is 0 Å². The van der Waals surface area contributed by atoms with E-state index in [1.54, 1.807) is 0 Å². The van der Waals surface area contributed by atoms with Crippen LogP contribution >= 0.6 is 11.3 Å². The van der Waals surface area contributed by atoms with Gasteiger partial charge in [-0.25, -0.2) is 0 Å². The lowest BCUT2D eigenvalue weighted by molar-refractivity contribution is 0.670. The molecular weight excluding hydrogens is 821 g/mol. The van der Waals surface area contributed by atoms with Crippen molar-refractivity contribution >= 4 is 114 Å². The number of hydrogen-bond donors (Lipinski definition) is 0. The molecule has 14 rings (SSSR count). The van der Waals surface area contributed by atoms with Crippen LogP contribution < -0.4 is 4.90 Å². The molecule has 0 amide bonds. The van der Waals surface area contributed by atoms with Gasteiger partial charge in [-0.05, 0) is 112 Å². The Morgan fingerprint density at radius 2 is 1.02 bits per heavy atom. The molecule has 3 heterocycles. The topological polar surface area (TPSA) is 21.3 Å². The van der Waals surface area contributed by atoms with E-state index in [4.69, 9.17) is 4.42 Å². The fourth-order valence-electron chi connectivity index (χ4n) is 10.6. The molecule has 0 spiro atoms. The second-order valence-corrected chi connectivity index (χ2v) is 18.3. The maximum Gasteiger partial charge on any atom is 0.145 e. The molecule has 11 aromatic carbocycles. The van der Waals surface area contributed by atoms with Crippen molar-refractivity contribution in [3.63, 3.8) is 0 Å². The van der Waals surface area contributed by atoms with E-state index in [-0.39, 0.29) is 0 Å². The Morgan fingerprint density at radius 3 is 1.82 bits per heavy atom. The molecule has 4 heteroatoms. The first-order valence-corrected chi connectivity index (χ1v) is 23.3. The molecule has 308 valence electrons.